The molecule has 23 heavy (non-hydrogen) atoms. The second-order valence-corrected chi connectivity index (χ2v) is 6.93. The summed E-state index contributed by atoms with van der Waals surface area (Å²) in [6.45, 7) is 5.34. The largest absolute Gasteiger partial charge is 0.435 e. The summed E-state index contributed by atoms with van der Waals surface area (Å²) in [7, 11) is 0. The monoisotopic (exact) mass is 372 g/mol. The first-order chi connectivity index (χ1) is 11.1. The third-order valence-corrected chi connectivity index (χ3v) is 4.40. The molecule has 0 unspecified atom stereocenters. The Balaban J connectivity index is 1.71. The maximum absolute atomic E-state index is 5.92. The van der Waals surface area contributed by atoms with Crippen molar-refractivity contribution in [2.75, 3.05) is 17.0 Å². The van der Waals surface area contributed by atoms with Gasteiger partial charge in [-0.15, -0.1) is 5.53 Å². The first kappa shape index (κ1) is 14.5. The molecule has 0 fully saturated rings. The fraction of sp³-hybridized carbons (Fsp3) is 0.235. The van der Waals surface area contributed by atoms with Gasteiger partial charge in [0.25, 0.3) is 0 Å². The second-order valence-electron chi connectivity index (χ2n) is 6.08. The Bertz CT molecular complexity index is 874. The molecule has 4 rings (SSSR count). The van der Waals surface area contributed by atoms with Crippen LogP contribution in [0.4, 0.5) is 11.4 Å². The van der Waals surface area contributed by atoms with Crippen molar-refractivity contribution in [3.63, 3.8) is 0 Å². The number of fused-ring (bicyclic) bond motifs is 2. The number of aromatic nitrogens is 1. The maximum Gasteiger partial charge on any atom is 0.227 e. The van der Waals surface area contributed by atoms with Crippen molar-refractivity contribution < 1.29 is 4.42 Å². The highest BCUT2D eigenvalue weighted by Crippen LogP contribution is 2.35. The summed E-state index contributed by atoms with van der Waals surface area (Å²) < 4.78 is 6.83. The molecule has 0 spiro atoms. The highest BCUT2D eigenvalue weighted by molar-refractivity contribution is 9.10. The molecular weight excluding hydrogens is 356 g/mol. The summed E-state index contributed by atoms with van der Waals surface area (Å²) >= 11 is 3.50. The van der Waals surface area contributed by atoms with Gasteiger partial charge in [0, 0.05) is 12.1 Å². The fourth-order valence-electron chi connectivity index (χ4n) is 2.74. The van der Waals surface area contributed by atoms with Gasteiger partial charge < -0.3 is 9.84 Å². The zero-order valence-corrected chi connectivity index (χ0v) is 14.5. The van der Waals surface area contributed by atoms with Crippen LogP contribution in [0.3, 0.4) is 0 Å². The van der Waals surface area contributed by atoms with E-state index in [-0.39, 0.29) is 0 Å². The molecule has 118 valence electrons. The molecule has 0 atom stereocenters. The minimum absolute atomic E-state index is 0.573. The van der Waals surface area contributed by atoms with Gasteiger partial charge in [0.15, 0.2) is 5.58 Å². The number of nitrogens with zero attached hydrogens (tertiary/aromatic N) is 2. The smallest absolute Gasteiger partial charge is 0.227 e. The average molecular weight is 373 g/mol. The molecule has 6 heteroatoms. The van der Waals surface area contributed by atoms with Crippen LogP contribution in [-0.4, -0.2) is 11.5 Å². The molecule has 0 aliphatic carbocycles. The summed E-state index contributed by atoms with van der Waals surface area (Å²) in [5.41, 5.74) is 11.1. The van der Waals surface area contributed by atoms with E-state index in [1.54, 1.807) is 0 Å². The van der Waals surface area contributed by atoms with Crippen LogP contribution in [-0.2, 0) is 0 Å². The van der Waals surface area contributed by atoms with Gasteiger partial charge in [-0.3, -0.25) is 5.01 Å². The van der Waals surface area contributed by atoms with Crippen LogP contribution in [0.15, 0.2) is 45.3 Å². The molecule has 0 amide bonds. The van der Waals surface area contributed by atoms with Crippen molar-refractivity contribution in [2.24, 2.45) is 5.92 Å². The summed E-state index contributed by atoms with van der Waals surface area (Å²) in [5.74, 6) is 1.20. The summed E-state index contributed by atoms with van der Waals surface area (Å²) in [6.07, 6.45) is 0. The van der Waals surface area contributed by atoms with E-state index in [0.29, 0.717) is 11.8 Å². The van der Waals surface area contributed by atoms with E-state index in [1.807, 2.05) is 24.3 Å². The second kappa shape index (κ2) is 5.54. The lowest BCUT2D eigenvalue weighted by atomic mass is 10.1. The lowest BCUT2D eigenvalue weighted by Crippen LogP contribution is -2.38. The zero-order valence-electron chi connectivity index (χ0n) is 12.9. The van der Waals surface area contributed by atoms with Gasteiger partial charge >= 0.3 is 0 Å². The maximum atomic E-state index is 5.92. The van der Waals surface area contributed by atoms with E-state index in [9.17, 15) is 0 Å². The zero-order chi connectivity index (χ0) is 16.0. The average Bonchev–Trinajstić information content (AvgIpc) is 3.12. The Hall–Kier alpha value is -2.05. The van der Waals surface area contributed by atoms with Crippen molar-refractivity contribution in [1.29, 1.82) is 0 Å². The van der Waals surface area contributed by atoms with Gasteiger partial charge in [-0.05, 0) is 52.2 Å². The number of para-hydroxylation sites is 1. The number of hydrogen-bond donors (Lipinski definition) is 2. The minimum atomic E-state index is 0.573. The molecule has 0 saturated carbocycles. The summed E-state index contributed by atoms with van der Waals surface area (Å²) in [5, 5.41) is 2.12. The Morgan fingerprint density at radius 2 is 2.13 bits per heavy atom. The topological polar surface area (TPSA) is 53.3 Å². The molecule has 1 aliphatic heterocycles. The molecule has 0 radical (unpaired) electrons. The number of rotatable bonds is 3. The lowest BCUT2D eigenvalue weighted by Gasteiger charge is -2.19. The summed E-state index contributed by atoms with van der Waals surface area (Å²) in [6, 6.07) is 12.0. The molecule has 2 heterocycles. The van der Waals surface area contributed by atoms with Gasteiger partial charge in [0.05, 0.1) is 15.8 Å². The highest BCUT2D eigenvalue weighted by Gasteiger charge is 2.20. The predicted molar refractivity (Wildman–Crippen MR) is 96.1 cm³/mol. The first-order valence-corrected chi connectivity index (χ1v) is 8.40. The molecule has 2 N–H and O–H groups in total. The van der Waals surface area contributed by atoms with Gasteiger partial charge in [-0.1, -0.05) is 19.9 Å². The number of nitrogens with one attached hydrogen (secondary N) is 2. The van der Waals surface area contributed by atoms with Crippen LogP contribution in [0.2, 0.25) is 0 Å². The van der Waals surface area contributed by atoms with E-state index in [1.165, 1.54) is 0 Å². The number of halogens is 1. The van der Waals surface area contributed by atoms with E-state index in [0.717, 1.165) is 39.1 Å². The minimum Gasteiger partial charge on any atom is -0.435 e. The molecule has 3 aromatic rings. The third kappa shape index (κ3) is 2.58. The number of hydrazine groups is 2. The molecule has 0 saturated heterocycles. The van der Waals surface area contributed by atoms with E-state index >= 15 is 0 Å². The Morgan fingerprint density at radius 1 is 1.26 bits per heavy atom. The number of oxazole rings is 1. The quantitative estimate of drug-likeness (QED) is 0.705. The molecule has 0 bridgehead atoms. The van der Waals surface area contributed by atoms with Crippen LogP contribution in [0, 0.1) is 5.92 Å². The van der Waals surface area contributed by atoms with Gasteiger partial charge in [-0.25, -0.2) is 4.98 Å². The standard InChI is InChI=1S/C17H17BrN4O/c1-10(2)9-22-15-7-6-11(8-14(15)20-21-22)17-19-13-5-3-4-12(18)16(13)23-17/h3-8,10,20-21H,9H2,1-2H3. The van der Waals surface area contributed by atoms with Crippen molar-refractivity contribution in [3.05, 3.63) is 40.9 Å². The van der Waals surface area contributed by atoms with Gasteiger partial charge in [0.1, 0.15) is 5.52 Å². The molecule has 1 aliphatic rings. The molecular formula is C17H17BrN4O. The van der Waals surface area contributed by atoms with Crippen LogP contribution in [0.1, 0.15) is 13.8 Å². The van der Waals surface area contributed by atoms with Crippen molar-refractivity contribution in [1.82, 2.24) is 10.5 Å². The van der Waals surface area contributed by atoms with E-state index in [2.05, 4.69) is 62.9 Å². The third-order valence-electron chi connectivity index (χ3n) is 3.77. The van der Waals surface area contributed by atoms with Crippen LogP contribution in [0.5, 0.6) is 0 Å². The Kier molecular flexibility index (Phi) is 3.50. The normalized spacial score (nSPS) is 13.7. The number of hydrogen-bond acceptors (Lipinski definition) is 5. The van der Waals surface area contributed by atoms with Gasteiger partial charge in [-0.2, -0.15) is 0 Å². The molecule has 5 nitrogen and oxygen atoms in total. The lowest BCUT2D eigenvalue weighted by molar-refractivity contribution is 0.584. The van der Waals surface area contributed by atoms with Crippen LogP contribution in [0.25, 0.3) is 22.6 Å². The van der Waals surface area contributed by atoms with E-state index in [4.69, 9.17) is 4.42 Å². The van der Waals surface area contributed by atoms with Crippen molar-refractivity contribution in [2.45, 2.75) is 13.8 Å². The Morgan fingerprint density at radius 3 is 2.91 bits per heavy atom. The fourth-order valence-corrected chi connectivity index (χ4v) is 3.18. The van der Waals surface area contributed by atoms with E-state index < -0.39 is 0 Å². The van der Waals surface area contributed by atoms with Crippen molar-refractivity contribution in [3.8, 4) is 11.5 Å². The van der Waals surface area contributed by atoms with Crippen LogP contribution >= 0.6 is 15.9 Å². The summed E-state index contributed by atoms with van der Waals surface area (Å²) in [4.78, 5) is 4.58. The molecule has 1 aromatic heterocycles. The predicted octanol–water partition coefficient (Wildman–Crippen LogP) is 4.56. The van der Waals surface area contributed by atoms with Crippen LogP contribution < -0.4 is 16.0 Å². The van der Waals surface area contributed by atoms with Gasteiger partial charge in [0.2, 0.25) is 5.89 Å². The Labute approximate surface area is 142 Å². The van der Waals surface area contributed by atoms with Crippen molar-refractivity contribution >= 4 is 38.4 Å². The highest BCUT2D eigenvalue weighted by atomic mass is 79.9. The number of benzene rings is 2. The first-order valence-electron chi connectivity index (χ1n) is 7.60. The molecule has 2 aromatic carbocycles. The number of anilines is 2. The SMILES string of the molecule is CC(C)CN1NNc2cc(-c3nc4cccc(Br)c4o3)ccc21.